The van der Waals surface area contributed by atoms with E-state index in [1.807, 2.05) is 6.07 Å². The van der Waals surface area contributed by atoms with Gasteiger partial charge in [-0.2, -0.15) is 0 Å². The van der Waals surface area contributed by atoms with Gasteiger partial charge < -0.3 is 11.1 Å². The van der Waals surface area contributed by atoms with Crippen LogP contribution in [0.5, 0.6) is 0 Å². The van der Waals surface area contributed by atoms with Gasteiger partial charge in [-0.3, -0.25) is 4.79 Å². The zero-order valence-corrected chi connectivity index (χ0v) is 11.3. The molecule has 3 heteroatoms. The van der Waals surface area contributed by atoms with Gasteiger partial charge in [-0.25, -0.2) is 0 Å². The van der Waals surface area contributed by atoms with Crippen LogP contribution in [0.3, 0.4) is 0 Å². The van der Waals surface area contributed by atoms with Gasteiger partial charge in [0.1, 0.15) is 0 Å². The van der Waals surface area contributed by atoms with E-state index in [2.05, 4.69) is 30.4 Å². The third-order valence-electron chi connectivity index (χ3n) is 4.54. The summed E-state index contributed by atoms with van der Waals surface area (Å²) in [5.74, 6) is 0.137. The first kappa shape index (κ1) is 12.3. The molecule has 19 heavy (non-hydrogen) atoms. The summed E-state index contributed by atoms with van der Waals surface area (Å²) in [7, 11) is 0. The van der Waals surface area contributed by atoms with E-state index in [0.29, 0.717) is 5.92 Å². The topological polar surface area (TPSA) is 55.1 Å². The summed E-state index contributed by atoms with van der Waals surface area (Å²) in [6.07, 6.45) is 6.40. The minimum absolute atomic E-state index is 0.0495. The molecular formula is C16H20N2O. The summed E-state index contributed by atoms with van der Waals surface area (Å²) in [6, 6.07) is 8.37. The molecule has 0 radical (unpaired) electrons. The van der Waals surface area contributed by atoms with Crippen molar-refractivity contribution in [2.75, 3.05) is 0 Å². The maximum Gasteiger partial charge on any atom is 0.243 e. The van der Waals surface area contributed by atoms with Crippen LogP contribution in [0.4, 0.5) is 0 Å². The van der Waals surface area contributed by atoms with E-state index in [1.165, 1.54) is 30.9 Å². The molecule has 2 atom stereocenters. The Labute approximate surface area is 113 Å². The Hall–Kier alpha value is -1.77. The predicted molar refractivity (Wildman–Crippen MR) is 76.4 cm³/mol. The largest absolute Gasteiger partial charge is 0.379 e. The first-order valence-electron chi connectivity index (χ1n) is 6.99. The number of hydrogen-bond acceptors (Lipinski definition) is 2. The van der Waals surface area contributed by atoms with E-state index in [-0.39, 0.29) is 5.54 Å². The molecule has 3 rings (SSSR count). The van der Waals surface area contributed by atoms with Gasteiger partial charge in [0.2, 0.25) is 5.91 Å². The Kier molecular flexibility index (Phi) is 2.85. The molecule has 3 nitrogen and oxygen atoms in total. The van der Waals surface area contributed by atoms with E-state index >= 15 is 0 Å². The number of carbonyl (C=O) groups excluding carboxylic acids is 1. The fraction of sp³-hybridized carbons (Fsp3) is 0.438. The van der Waals surface area contributed by atoms with Gasteiger partial charge in [0.25, 0.3) is 0 Å². The van der Waals surface area contributed by atoms with Crippen molar-refractivity contribution in [3.63, 3.8) is 0 Å². The van der Waals surface area contributed by atoms with Crippen molar-refractivity contribution in [3.8, 4) is 0 Å². The maximum atomic E-state index is 11.2. The van der Waals surface area contributed by atoms with E-state index in [0.717, 1.165) is 17.7 Å². The molecule has 0 saturated heterocycles. The third-order valence-corrected chi connectivity index (χ3v) is 4.54. The number of hydrogen-bond donors (Lipinski definition) is 2. The molecule has 1 amide bonds. The molecule has 3 N–H and O–H groups in total. The zero-order chi connectivity index (χ0) is 13.5. The van der Waals surface area contributed by atoms with Crippen molar-refractivity contribution < 1.29 is 4.79 Å². The highest BCUT2D eigenvalue weighted by Crippen LogP contribution is 2.47. The number of nitrogens with one attached hydrogen (secondary N) is 1. The van der Waals surface area contributed by atoms with Gasteiger partial charge in [0.05, 0.1) is 0 Å². The lowest BCUT2D eigenvalue weighted by molar-refractivity contribution is -0.113. The highest BCUT2D eigenvalue weighted by atomic mass is 16.1. The normalized spacial score (nSPS) is 31.2. The Balaban J connectivity index is 2.14. The number of nitrogens with two attached hydrogens (primary N) is 1. The first-order valence-corrected chi connectivity index (χ1v) is 6.99. The lowest BCUT2D eigenvalue weighted by atomic mass is 9.67. The molecule has 1 heterocycles. The number of primary amides is 1. The standard InChI is InChI=1S/C16H20N2O/c1-16-9-5-4-8-13(16)11-6-2-3-7-12(11)14(18-16)10-15(17)19/h2-3,6-7,10,13,18H,4-5,8-9H2,1H3,(H2,17,19)/b14-10+. The predicted octanol–water partition coefficient (Wildman–Crippen LogP) is 2.53. The average Bonchev–Trinajstić information content (AvgIpc) is 2.37. The Morgan fingerprint density at radius 3 is 3.00 bits per heavy atom. The van der Waals surface area contributed by atoms with Crippen molar-refractivity contribution in [3.05, 3.63) is 41.5 Å². The van der Waals surface area contributed by atoms with Crippen LogP contribution in [0.15, 0.2) is 30.3 Å². The van der Waals surface area contributed by atoms with Crippen molar-refractivity contribution in [2.24, 2.45) is 5.73 Å². The van der Waals surface area contributed by atoms with Gasteiger partial charge in [0, 0.05) is 28.8 Å². The summed E-state index contributed by atoms with van der Waals surface area (Å²) >= 11 is 0. The second-order valence-corrected chi connectivity index (χ2v) is 5.89. The Bertz CT molecular complexity index is 549. The average molecular weight is 256 g/mol. The molecule has 1 aromatic rings. The van der Waals surface area contributed by atoms with Gasteiger partial charge >= 0.3 is 0 Å². The van der Waals surface area contributed by atoms with Gasteiger partial charge in [-0.05, 0) is 25.3 Å². The van der Waals surface area contributed by atoms with E-state index < -0.39 is 5.91 Å². The Morgan fingerprint density at radius 2 is 2.21 bits per heavy atom. The molecule has 1 aliphatic heterocycles. The molecular weight excluding hydrogens is 236 g/mol. The molecule has 1 aliphatic carbocycles. The molecule has 1 aromatic carbocycles. The van der Waals surface area contributed by atoms with Crippen LogP contribution in [-0.4, -0.2) is 11.4 Å². The van der Waals surface area contributed by atoms with Crippen LogP contribution in [0.2, 0.25) is 0 Å². The fourth-order valence-electron chi connectivity index (χ4n) is 3.66. The summed E-state index contributed by atoms with van der Waals surface area (Å²) < 4.78 is 0. The molecule has 1 saturated carbocycles. The zero-order valence-electron chi connectivity index (χ0n) is 11.3. The summed E-state index contributed by atoms with van der Waals surface area (Å²) in [5.41, 5.74) is 8.75. The first-order chi connectivity index (χ1) is 9.10. The van der Waals surface area contributed by atoms with Gasteiger partial charge in [0.15, 0.2) is 0 Å². The Morgan fingerprint density at radius 1 is 1.42 bits per heavy atom. The monoisotopic (exact) mass is 256 g/mol. The minimum atomic E-state index is -0.393. The number of benzene rings is 1. The van der Waals surface area contributed by atoms with Gasteiger partial charge in [-0.15, -0.1) is 0 Å². The molecule has 0 bridgehead atoms. The van der Waals surface area contributed by atoms with E-state index in [9.17, 15) is 4.79 Å². The van der Waals surface area contributed by atoms with Crippen LogP contribution < -0.4 is 11.1 Å². The van der Waals surface area contributed by atoms with Crippen molar-refractivity contribution in [1.29, 1.82) is 0 Å². The molecule has 2 unspecified atom stereocenters. The molecule has 0 aromatic heterocycles. The van der Waals surface area contributed by atoms with E-state index in [1.54, 1.807) is 0 Å². The molecule has 1 fully saturated rings. The van der Waals surface area contributed by atoms with Crippen molar-refractivity contribution in [1.82, 2.24) is 5.32 Å². The number of rotatable bonds is 1. The van der Waals surface area contributed by atoms with Crippen LogP contribution in [0.1, 0.15) is 49.7 Å². The van der Waals surface area contributed by atoms with Gasteiger partial charge in [-0.1, -0.05) is 37.1 Å². The van der Waals surface area contributed by atoms with Crippen LogP contribution in [-0.2, 0) is 4.79 Å². The highest BCUT2D eigenvalue weighted by molar-refractivity contribution is 5.94. The highest BCUT2D eigenvalue weighted by Gasteiger charge is 2.42. The van der Waals surface area contributed by atoms with Crippen molar-refractivity contribution >= 4 is 11.6 Å². The molecule has 2 aliphatic rings. The number of carbonyl (C=O) groups is 1. The lowest BCUT2D eigenvalue weighted by Gasteiger charge is -2.48. The van der Waals surface area contributed by atoms with Crippen LogP contribution >= 0.6 is 0 Å². The maximum absolute atomic E-state index is 11.2. The number of amides is 1. The lowest BCUT2D eigenvalue weighted by Crippen LogP contribution is -2.51. The molecule has 0 spiro atoms. The summed E-state index contributed by atoms with van der Waals surface area (Å²) in [6.45, 7) is 2.27. The van der Waals surface area contributed by atoms with E-state index in [4.69, 9.17) is 5.73 Å². The number of fused-ring (bicyclic) bond motifs is 3. The molecule has 100 valence electrons. The smallest absolute Gasteiger partial charge is 0.243 e. The van der Waals surface area contributed by atoms with Crippen LogP contribution in [0.25, 0.3) is 5.70 Å². The van der Waals surface area contributed by atoms with Crippen LogP contribution in [0, 0.1) is 0 Å². The fourth-order valence-corrected chi connectivity index (χ4v) is 3.66. The summed E-state index contributed by atoms with van der Waals surface area (Å²) in [4.78, 5) is 11.2. The quantitative estimate of drug-likeness (QED) is 0.759. The minimum Gasteiger partial charge on any atom is -0.379 e. The SMILES string of the molecule is CC12CCCCC1c1ccccc1/C(=C\C(N)=O)N2. The second-order valence-electron chi connectivity index (χ2n) is 5.89. The van der Waals surface area contributed by atoms with Crippen molar-refractivity contribution in [2.45, 2.75) is 44.1 Å². The third kappa shape index (κ3) is 2.03. The summed E-state index contributed by atoms with van der Waals surface area (Å²) in [5, 5.41) is 3.58. The second kappa shape index (κ2) is 4.41.